The predicted molar refractivity (Wildman–Crippen MR) is 87.0 cm³/mol. The topological polar surface area (TPSA) is 55.1 Å². The molecule has 0 saturated heterocycles. The maximum Gasteiger partial charge on any atom is 0.313 e. The number of aromatic nitrogens is 2. The van der Waals surface area contributed by atoms with Gasteiger partial charge < -0.3 is 9.67 Å². The van der Waals surface area contributed by atoms with Crippen LogP contribution in [0.4, 0.5) is 0 Å². The molecule has 20 heavy (non-hydrogen) atoms. The number of hydrogen-bond acceptors (Lipinski definition) is 4. The summed E-state index contributed by atoms with van der Waals surface area (Å²) < 4.78 is 2.21. The van der Waals surface area contributed by atoms with E-state index in [9.17, 15) is 4.79 Å². The fourth-order valence-electron chi connectivity index (χ4n) is 1.98. The Bertz CT molecular complexity index is 453. The predicted octanol–water partition coefficient (Wildman–Crippen LogP) is 3.67. The fraction of sp³-hybridized carbons (Fsp3) is 0.714. The van der Waals surface area contributed by atoms with Crippen LogP contribution in [0, 0.1) is 0 Å². The minimum Gasteiger partial charge on any atom is -0.481 e. The number of imidazole rings is 1. The summed E-state index contributed by atoms with van der Waals surface area (Å²) in [7, 11) is 0. The van der Waals surface area contributed by atoms with Crippen molar-refractivity contribution in [3.8, 4) is 0 Å². The fourth-order valence-corrected chi connectivity index (χ4v) is 3.35. The largest absolute Gasteiger partial charge is 0.481 e. The van der Waals surface area contributed by atoms with Crippen molar-refractivity contribution in [3.05, 3.63) is 11.9 Å². The highest BCUT2D eigenvalue weighted by Crippen LogP contribution is 2.32. The van der Waals surface area contributed by atoms with Gasteiger partial charge in [-0.15, -0.1) is 0 Å². The lowest BCUT2D eigenvalue weighted by atomic mass is 9.92. The molecule has 1 unspecified atom stereocenters. The average molecular weight is 316 g/mol. The van der Waals surface area contributed by atoms with Gasteiger partial charge in [0.15, 0.2) is 5.16 Å². The van der Waals surface area contributed by atoms with E-state index in [-0.39, 0.29) is 11.2 Å². The minimum atomic E-state index is -0.807. The zero-order valence-electron chi connectivity index (χ0n) is 12.8. The third-order valence-corrected chi connectivity index (χ3v) is 4.63. The van der Waals surface area contributed by atoms with Crippen molar-refractivity contribution in [1.29, 1.82) is 0 Å². The van der Waals surface area contributed by atoms with Gasteiger partial charge in [-0.2, -0.15) is 11.8 Å². The second-order valence-electron chi connectivity index (χ2n) is 5.86. The highest BCUT2D eigenvalue weighted by Gasteiger charge is 2.24. The van der Waals surface area contributed by atoms with E-state index in [2.05, 4.69) is 43.5 Å². The van der Waals surface area contributed by atoms with Crippen molar-refractivity contribution in [2.24, 2.45) is 0 Å². The Morgan fingerprint density at radius 1 is 1.50 bits per heavy atom. The van der Waals surface area contributed by atoms with Crippen LogP contribution in [0.1, 0.15) is 45.9 Å². The number of carboxylic acid groups (broad SMARTS) is 1. The monoisotopic (exact) mass is 316 g/mol. The number of carbonyl (C=O) groups is 1. The van der Waals surface area contributed by atoms with Crippen molar-refractivity contribution in [2.75, 3.05) is 17.8 Å². The zero-order chi connectivity index (χ0) is 15.3. The van der Waals surface area contributed by atoms with E-state index < -0.39 is 5.97 Å². The zero-order valence-corrected chi connectivity index (χ0v) is 14.5. The summed E-state index contributed by atoms with van der Waals surface area (Å²) in [5, 5.41) is 9.66. The molecule has 0 aromatic carbocycles. The number of aliphatic carboxylic acids is 1. The second-order valence-corrected chi connectivity index (χ2v) is 7.79. The number of rotatable bonds is 7. The standard InChI is InChI=1S/C14H24N2O2S2/c1-10(6-7-19-5)16-11(14(2,3)4)8-15-13(16)20-9-12(17)18/h8,10H,6-7,9H2,1-5H3,(H,17,18). The van der Waals surface area contributed by atoms with Crippen LogP contribution in [-0.4, -0.2) is 38.4 Å². The molecule has 0 aliphatic heterocycles. The molecular formula is C14H24N2O2S2. The lowest BCUT2D eigenvalue weighted by Crippen LogP contribution is -2.21. The summed E-state index contributed by atoms with van der Waals surface area (Å²) in [6.45, 7) is 8.66. The smallest absolute Gasteiger partial charge is 0.313 e. The van der Waals surface area contributed by atoms with Gasteiger partial charge in [-0.1, -0.05) is 32.5 Å². The highest BCUT2D eigenvalue weighted by atomic mass is 32.2. The van der Waals surface area contributed by atoms with Gasteiger partial charge in [-0.3, -0.25) is 4.79 Å². The van der Waals surface area contributed by atoms with Gasteiger partial charge in [0.05, 0.1) is 5.75 Å². The lowest BCUT2D eigenvalue weighted by molar-refractivity contribution is -0.133. The molecule has 0 radical (unpaired) electrons. The molecule has 1 aromatic rings. The van der Waals surface area contributed by atoms with Crippen LogP contribution in [0.3, 0.4) is 0 Å². The Labute approximate surface area is 129 Å². The van der Waals surface area contributed by atoms with Crippen LogP contribution in [0.5, 0.6) is 0 Å². The molecule has 0 amide bonds. The van der Waals surface area contributed by atoms with Crippen molar-refractivity contribution in [1.82, 2.24) is 9.55 Å². The van der Waals surface area contributed by atoms with Crippen LogP contribution in [0.2, 0.25) is 0 Å². The molecule has 1 N–H and O–H groups in total. The Morgan fingerprint density at radius 2 is 2.15 bits per heavy atom. The summed E-state index contributed by atoms with van der Waals surface area (Å²) in [5.41, 5.74) is 1.17. The van der Waals surface area contributed by atoms with Gasteiger partial charge in [0.25, 0.3) is 0 Å². The molecule has 0 spiro atoms. The Morgan fingerprint density at radius 3 is 2.65 bits per heavy atom. The van der Waals surface area contributed by atoms with Crippen LogP contribution >= 0.6 is 23.5 Å². The van der Waals surface area contributed by atoms with E-state index in [0.29, 0.717) is 6.04 Å². The molecule has 1 rings (SSSR count). The van der Waals surface area contributed by atoms with E-state index in [4.69, 9.17) is 5.11 Å². The van der Waals surface area contributed by atoms with Gasteiger partial charge in [-0.05, 0) is 25.4 Å². The first-order chi connectivity index (χ1) is 9.27. The van der Waals surface area contributed by atoms with Gasteiger partial charge >= 0.3 is 5.97 Å². The van der Waals surface area contributed by atoms with E-state index >= 15 is 0 Å². The van der Waals surface area contributed by atoms with Crippen LogP contribution < -0.4 is 0 Å². The molecule has 1 aromatic heterocycles. The quantitative estimate of drug-likeness (QED) is 0.778. The first kappa shape index (κ1) is 17.4. The molecule has 0 bridgehead atoms. The third-order valence-electron chi connectivity index (χ3n) is 3.04. The van der Waals surface area contributed by atoms with Crippen molar-refractivity contribution in [3.63, 3.8) is 0 Å². The maximum absolute atomic E-state index is 10.8. The molecule has 0 aliphatic rings. The number of thioether (sulfide) groups is 2. The maximum atomic E-state index is 10.8. The summed E-state index contributed by atoms with van der Waals surface area (Å²) in [6.07, 6.45) is 5.05. The van der Waals surface area contributed by atoms with E-state index in [1.54, 1.807) is 0 Å². The molecular weight excluding hydrogens is 292 g/mol. The lowest BCUT2D eigenvalue weighted by Gasteiger charge is -2.26. The first-order valence-electron chi connectivity index (χ1n) is 6.68. The molecule has 114 valence electrons. The summed E-state index contributed by atoms with van der Waals surface area (Å²) >= 11 is 3.13. The van der Waals surface area contributed by atoms with Gasteiger partial charge in [0, 0.05) is 23.3 Å². The van der Waals surface area contributed by atoms with E-state index in [1.165, 1.54) is 17.5 Å². The number of carboxylic acids is 1. The molecule has 0 aliphatic carbocycles. The van der Waals surface area contributed by atoms with Crippen LogP contribution in [-0.2, 0) is 10.2 Å². The molecule has 4 nitrogen and oxygen atoms in total. The summed E-state index contributed by atoms with van der Waals surface area (Å²) in [5.74, 6) is 0.334. The van der Waals surface area contributed by atoms with Gasteiger partial charge in [0.1, 0.15) is 0 Å². The number of nitrogens with zero attached hydrogens (tertiary/aromatic N) is 2. The van der Waals surface area contributed by atoms with Crippen molar-refractivity contribution >= 4 is 29.5 Å². The summed E-state index contributed by atoms with van der Waals surface area (Å²) in [6, 6.07) is 0.329. The van der Waals surface area contributed by atoms with Crippen molar-refractivity contribution < 1.29 is 9.90 Å². The minimum absolute atomic E-state index is 0.00263. The average Bonchev–Trinajstić information content (AvgIpc) is 2.77. The Hall–Kier alpha value is -0.620. The van der Waals surface area contributed by atoms with Crippen LogP contribution in [0.15, 0.2) is 11.4 Å². The molecule has 0 saturated carbocycles. The van der Waals surface area contributed by atoms with Gasteiger partial charge in [0.2, 0.25) is 0 Å². The molecule has 1 atom stereocenters. The highest BCUT2D eigenvalue weighted by molar-refractivity contribution is 7.99. The van der Waals surface area contributed by atoms with Gasteiger partial charge in [-0.25, -0.2) is 4.98 Å². The Balaban J connectivity index is 3.05. The molecule has 6 heteroatoms. The Kier molecular flexibility index (Phi) is 6.45. The molecule has 0 fully saturated rings. The van der Waals surface area contributed by atoms with Crippen LogP contribution in [0.25, 0.3) is 0 Å². The van der Waals surface area contributed by atoms with E-state index in [1.807, 2.05) is 18.0 Å². The second kappa shape index (κ2) is 7.41. The summed E-state index contributed by atoms with van der Waals surface area (Å²) in [4.78, 5) is 15.2. The van der Waals surface area contributed by atoms with Crippen molar-refractivity contribution in [2.45, 2.75) is 50.7 Å². The normalized spacial score (nSPS) is 13.4. The van der Waals surface area contributed by atoms with E-state index in [0.717, 1.165) is 17.3 Å². The number of hydrogen-bond donors (Lipinski definition) is 1. The SMILES string of the molecule is CSCCC(C)n1c(C(C)(C)C)cnc1SCC(=O)O. The third kappa shape index (κ3) is 4.74. The molecule has 1 heterocycles. The first-order valence-corrected chi connectivity index (χ1v) is 9.06.